The summed E-state index contributed by atoms with van der Waals surface area (Å²) in [6.07, 6.45) is 1.98. The van der Waals surface area contributed by atoms with Crippen LogP contribution in [0.3, 0.4) is 0 Å². The van der Waals surface area contributed by atoms with E-state index in [1.807, 2.05) is 31.4 Å². The van der Waals surface area contributed by atoms with Gasteiger partial charge < -0.3 is 5.32 Å². The van der Waals surface area contributed by atoms with Gasteiger partial charge in [0.15, 0.2) is 0 Å². The predicted molar refractivity (Wildman–Crippen MR) is 112 cm³/mol. The Hall–Kier alpha value is -3.15. The van der Waals surface area contributed by atoms with Crippen LogP contribution in [0.15, 0.2) is 54.7 Å². The molecule has 6 nitrogen and oxygen atoms in total. The van der Waals surface area contributed by atoms with Gasteiger partial charge in [0, 0.05) is 48.2 Å². The highest BCUT2D eigenvalue weighted by Crippen LogP contribution is 2.38. The fourth-order valence-corrected chi connectivity index (χ4v) is 3.26. The molecule has 0 amide bonds. The molecule has 2 aromatic carbocycles. The van der Waals surface area contributed by atoms with Crippen molar-refractivity contribution in [1.29, 1.82) is 0 Å². The van der Waals surface area contributed by atoms with E-state index in [0.29, 0.717) is 0 Å². The molecule has 3 rings (SSSR count). The Morgan fingerprint density at radius 3 is 2.43 bits per heavy atom. The number of non-ortho nitro benzene ring substituents is 1. The number of aryl methyl sites for hydroxylation is 1. The number of nitro groups is 1. The number of anilines is 1. The van der Waals surface area contributed by atoms with Crippen LogP contribution in [0.2, 0.25) is 0 Å². The van der Waals surface area contributed by atoms with Gasteiger partial charge in [-0.3, -0.25) is 14.8 Å². The molecule has 28 heavy (non-hydrogen) atoms. The average Bonchev–Trinajstić information content (AvgIpc) is 3.04. The molecule has 0 aliphatic rings. The first-order chi connectivity index (χ1) is 13.2. The second kappa shape index (κ2) is 7.46. The van der Waals surface area contributed by atoms with E-state index >= 15 is 0 Å². The molecule has 1 heterocycles. The van der Waals surface area contributed by atoms with Crippen molar-refractivity contribution in [2.45, 2.75) is 39.2 Å². The third-order valence-corrected chi connectivity index (χ3v) is 4.78. The molecule has 0 saturated heterocycles. The molecule has 0 saturated carbocycles. The molecular weight excluding hydrogens is 352 g/mol. The first-order valence-electron chi connectivity index (χ1n) is 9.31. The summed E-state index contributed by atoms with van der Waals surface area (Å²) in [5, 5.41) is 19.5. The predicted octanol–water partition coefficient (Wildman–Crippen LogP) is 5.47. The smallest absolute Gasteiger partial charge is 0.270 e. The maximum Gasteiger partial charge on any atom is 0.270 e. The Balaban J connectivity index is 2.12. The van der Waals surface area contributed by atoms with E-state index in [0.717, 1.165) is 28.1 Å². The topological polar surface area (TPSA) is 73.0 Å². The lowest BCUT2D eigenvalue weighted by atomic mass is 9.85. The van der Waals surface area contributed by atoms with Gasteiger partial charge in [-0.25, -0.2) is 0 Å². The SMILES string of the molecule is CC(Nc1ccc([N+](=O)[O-])cc1-c1nn(C)cc1C(C)(C)C)c1ccccc1. The number of benzene rings is 2. The van der Waals surface area contributed by atoms with E-state index in [-0.39, 0.29) is 22.1 Å². The summed E-state index contributed by atoms with van der Waals surface area (Å²) >= 11 is 0. The van der Waals surface area contributed by atoms with Crippen molar-refractivity contribution in [1.82, 2.24) is 9.78 Å². The normalized spacial score (nSPS) is 12.6. The lowest BCUT2D eigenvalue weighted by Gasteiger charge is -2.21. The monoisotopic (exact) mass is 378 g/mol. The van der Waals surface area contributed by atoms with Crippen molar-refractivity contribution in [2.24, 2.45) is 7.05 Å². The maximum atomic E-state index is 11.4. The van der Waals surface area contributed by atoms with Gasteiger partial charge in [0.05, 0.1) is 10.6 Å². The number of nitrogens with zero attached hydrogens (tertiary/aromatic N) is 3. The van der Waals surface area contributed by atoms with Crippen LogP contribution in [0, 0.1) is 10.1 Å². The Bertz CT molecular complexity index is 988. The zero-order chi connectivity index (χ0) is 20.5. The van der Waals surface area contributed by atoms with E-state index in [1.165, 1.54) is 6.07 Å². The molecule has 0 aliphatic carbocycles. The van der Waals surface area contributed by atoms with Gasteiger partial charge in [-0.15, -0.1) is 0 Å². The molecule has 1 aromatic heterocycles. The summed E-state index contributed by atoms with van der Waals surface area (Å²) in [5.41, 5.74) is 4.43. The molecule has 3 aromatic rings. The molecule has 0 fully saturated rings. The fourth-order valence-electron chi connectivity index (χ4n) is 3.26. The average molecular weight is 378 g/mol. The van der Waals surface area contributed by atoms with Crippen molar-refractivity contribution in [3.63, 3.8) is 0 Å². The zero-order valence-corrected chi connectivity index (χ0v) is 16.9. The van der Waals surface area contributed by atoms with Crippen molar-refractivity contribution in [3.8, 4) is 11.3 Å². The molecule has 1 N–H and O–H groups in total. The van der Waals surface area contributed by atoms with Gasteiger partial charge in [-0.1, -0.05) is 51.1 Å². The van der Waals surface area contributed by atoms with Gasteiger partial charge in [0.25, 0.3) is 5.69 Å². The quantitative estimate of drug-likeness (QED) is 0.472. The second-order valence-corrected chi connectivity index (χ2v) is 8.08. The summed E-state index contributed by atoms with van der Waals surface area (Å²) < 4.78 is 1.76. The molecule has 0 radical (unpaired) electrons. The Morgan fingerprint density at radius 2 is 1.82 bits per heavy atom. The summed E-state index contributed by atoms with van der Waals surface area (Å²) in [5.74, 6) is 0. The van der Waals surface area contributed by atoms with Gasteiger partial charge in [-0.05, 0) is 24.0 Å². The molecule has 1 atom stereocenters. The van der Waals surface area contributed by atoms with Gasteiger partial charge in [0.1, 0.15) is 0 Å². The van der Waals surface area contributed by atoms with Crippen LogP contribution in [0.5, 0.6) is 0 Å². The molecule has 146 valence electrons. The number of aromatic nitrogens is 2. The Labute approximate surface area is 165 Å². The molecule has 6 heteroatoms. The van der Waals surface area contributed by atoms with Crippen LogP contribution in [-0.4, -0.2) is 14.7 Å². The minimum atomic E-state index is -0.367. The first-order valence-corrected chi connectivity index (χ1v) is 9.31. The van der Waals surface area contributed by atoms with E-state index in [9.17, 15) is 10.1 Å². The largest absolute Gasteiger partial charge is 0.378 e. The minimum Gasteiger partial charge on any atom is -0.378 e. The van der Waals surface area contributed by atoms with Crippen LogP contribution < -0.4 is 5.32 Å². The summed E-state index contributed by atoms with van der Waals surface area (Å²) in [6, 6.07) is 15.1. The molecule has 0 bridgehead atoms. The lowest BCUT2D eigenvalue weighted by Crippen LogP contribution is -2.12. The highest BCUT2D eigenvalue weighted by Gasteiger charge is 2.25. The molecule has 0 aliphatic heterocycles. The number of hydrogen-bond donors (Lipinski definition) is 1. The van der Waals surface area contributed by atoms with Gasteiger partial charge in [-0.2, -0.15) is 5.10 Å². The van der Waals surface area contributed by atoms with E-state index in [1.54, 1.807) is 16.8 Å². The number of nitro benzene ring substituents is 1. The Morgan fingerprint density at radius 1 is 1.14 bits per heavy atom. The van der Waals surface area contributed by atoms with Gasteiger partial charge in [0.2, 0.25) is 0 Å². The van der Waals surface area contributed by atoms with Crippen molar-refractivity contribution in [2.75, 3.05) is 5.32 Å². The highest BCUT2D eigenvalue weighted by atomic mass is 16.6. The number of rotatable bonds is 5. The summed E-state index contributed by atoms with van der Waals surface area (Å²) in [7, 11) is 1.87. The number of nitrogens with one attached hydrogen (secondary N) is 1. The van der Waals surface area contributed by atoms with Crippen LogP contribution in [0.1, 0.15) is 44.9 Å². The third-order valence-electron chi connectivity index (χ3n) is 4.78. The summed E-state index contributed by atoms with van der Waals surface area (Å²) in [4.78, 5) is 11.0. The maximum absolute atomic E-state index is 11.4. The lowest BCUT2D eigenvalue weighted by molar-refractivity contribution is -0.384. The molecule has 0 spiro atoms. The fraction of sp³-hybridized carbons (Fsp3) is 0.318. The second-order valence-electron chi connectivity index (χ2n) is 8.08. The van der Waals surface area contributed by atoms with E-state index in [4.69, 9.17) is 0 Å². The van der Waals surface area contributed by atoms with Crippen molar-refractivity contribution in [3.05, 3.63) is 76.0 Å². The van der Waals surface area contributed by atoms with Crippen molar-refractivity contribution < 1.29 is 4.92 Å². The number of hydrogen-bond acceptors (Lipinski definition) is 4. The summed E-state index contributed by atoms with van der Waals surface area (Å²) in [6.45, 7) is 8.42. The van der Waals surface area contributed by atoms with Crippen LogP contribution in [-0.2, 0) is 12.5 Å². The van der Waals surface area contributed by atoms with Crippen LogP contribution >= 0.6 is 0 Å². The highest BCUT2D eigenvalue weighted by molar-refractivity contribution is 5.80. The molecule has 1 unspecified atom stereocenters. The van der Waals surface area contributed by atoms with Gasteiger partial charge >= 0.3 is 0 Å². The zero-order valence-electron chi connectivity index (χ0n) is 16.9. The molecular formula is C22H26N4O2. The van der Waals surface area contributed by atoms with E-state index < -0.39 is 0 Å². The first kappa shape index (κ1) is 19.6. The van der Waals surface area contributed by atoms with E-state index in [2.05, 4.69) is 50.2 Å². The standard InChI is InChI=1S/C22H26N4O2/c1-15(16-9-7-6-8-10-16)23-20-12-11-17(26(27)28)13-18(20)21-19(22(2,3)4)14-25(5)24-21/h6-15,23H,1-5H3. The Kier molecular flexibility index (Phi) is 5.23. The van der Waals surface area contributed by atoms with Crippen molar-refractivity contribution >= 4 is 11.4 Å². The van der Waals surface area contributed by atoms with Crippen LogP contribution in [0.25, 0.3) is 11.3 Å². The minimum absolute atomic E-state index is 0.0446. The van der Waals surface area contributed by atoms with Crippen LogP contribution in [0.4, 0.5) is 11.4 Å². The third kappa shape index (κ3) is 4.06.